The van der Waals surface area contributed by atoms with Crippen molar-refractivity contribution in [3.05, 3.63) is 41.5 Å². The van der Waals surface area contributed by atoms with E-state index >= 15 is 0 Å². The van der Waals surface area contributed by atoms with Crippen LogP contribution in [0, 0.1) is 0 Å². The predicted molar refractivity (Wildman–Crippen MR) is 113 cm³/mol. The molecule has 2 aromatic rings. The van der Waals surface area contributed by atoms with Gasteiger partial charge < -0.3 is 19.9 Å². The summed E-state index contributed by atoms with van der Waals surface area (Å²) in [5.74, 6) is 1.69. The van der Waals surface area contributed by atoms with Gasteiger partial charge in [0, 0.05) is 38.0 Å². The van der Waals surface area contributed by atoms with Crippen molar-refractivity contribution < 1.29 is 22.4 Å². The maximum Gasteiger partial charge on any atom is 0.573 e. The van der Waals surface area contributed by atoms with E-state index in [2.05, 4.69) is 30.5 Å². The molecule has 0 amide bonds. The second kappa shape index (κ2) is 11.8. The van der Waals surface area contributed by atoms with Crippen LogP contribution >= 0.6 is 24.0 Å². The van der Waals surface area contributed by atoms with E-state index in [9.17, 15) is 13.2 Å². The number of rotatable bonds is 8. The number of nitrogens with one attached hydrogen (secondary N) is 2. The number of hydrogen-bond acceptors (Lipinski definition) is 5. The number of aromatic nitrogens is 2. The van der Waals surface area contributed by atoms with Crippen LogP contribution in [0.25, 0.3) is 0 Å². The molecule has 29 heavy (non-hydrogen) atoms. The number of ether oxygens (including phenoxy) is 1. The zero-order valence-corrected chi connectivity index (χ0v) is 18.7. The number of benzene rings is 1. The lowest BCUT2D eigenvalue weighted by Crippen LogP contribution is -2.37. The van der Waals surface area contributed by atoms with Gasteiger partial charge in [0.25, 0.3) is 0 Å². The number of para-hydroxylation sites is 1. The molecule has 0 aliphatic rings. The zero-order valence-electron chi connectivity index (χ0n) is 16.4. The molecule has 0 fully saturated rings. The molecule has 0 atom stereocenters. The van der Waals surface area contributed by atoms with E-state index in [4.69, 9.17) is 4.52 Å². The van der Waals surface area contributed by atoms with Crippen molar-refractivity contribution in [3.8, 4) is 5.75 Å². The lowest BCUT2D eigenvalue weighted by Gasteiger charge is -2.15. The Morgan fingerprint density at radius 3 is 2.59 bits per heavy atom. The topological polar surface area (TPSA) is 84.6 Å². The highest BCUT2D eigenvalue weighted by molar-refractivity contribution is 14.0. The van der Waals surface area contributed by atoms with Crippen molar-refractivity contribution in [1.29, 1.82) is 0 Å². The van der Waals surface area contributed by atoms with Crippen LogP contribution in [0.1, 0.15) is 43.5 Å². The third kappa shape index (κ3) is 8.88. The Kier molecular flexibility index (Phi) is 10.2. The third-order valence-electron chi connectivity index (χ3n) is 3.73. The fourth-order valence-electron chi connectivity index (χ4n) is 2.32. The molecule has 0 unspecified atom stereocenters. The molecule has 0 radical (unpaired) electrons. The molecule has 7 nitrogen and oxygen atoms in total. The van der Waals surface area contributed by atoms with Gasteiger partial charge >= 0.3 is 6.36 Å². The maximum absolute atomic E-state index is 12.5. The number of halogens is 4. The van der Waals surface area contributed by atoms with Crippen molar-refractivity contribution in [2.45, 2.75) is 45.5 Å². The van der Waals surface area contributed by atoms with Crippen molar-refractivity contribution in [1.82, 2.24) is 20.8 Å². The van der Waals surface area contributed by atoms with Gasteiger partial charge in [-0.25, -0.2) is 0 Å². The van der Waals surface area contributed by atoms with E-state index in [1.165, 1.54) is 12.1 Å². The minimum Gasteiger partial charge on any atom is -0.405 e. The Morgan fingerprint density at radius 1 is 1.24 bits per heavy atom. The van der Waals surface area contributed by atoms with Gasteiger partial charge in [0.05, 0.1) is 0 Å². The highest BCUT2D eigenvalue weighted by Crippen LogP contribution is 2.26. The van der Waals surface area contributed by atoms with Gasteiger partial charge in [0.1, 0.15) is 5.75 Å². The standard InChI is InChI=1S/C18H24F3N5O2.HI/c1-12(2)16-25-15(28-26-16)9-6-10-23-17(22-3)24-11-13-7-4-5-8-14(13)27-18(19,20)21;/h4-5,7-8,12H,6,9-11H2,1-3H3,(H2,22,23,24);1H. The average molecular weight is 527 g/mol. The third-order valence-corrected chi connectivity index (χ3v) is 3.73. The van der Waals surface area contributed by atoms with Crippen molar-refractivity contribution >= 4 is 29.9 Å². The molecule has 1 aromatic carbocycles. The Labute approximate surface area is 184 Å². The fourth-order valence-corrected chi connectivity index (χ4v) is 2.32. The summed E-state index contributed by atoms with van der Waals surface area (Å²) < 4.78 is 46.7. The van der Waals surface area contributed by atoms with Crippen LogP contribution in [0.4, 0.5) is 13.2 Å². The number of aryl methyl sites for hydroxylation is 1. The summed E-state index contributed by atoms with van der Waals surface area (Å²) >= 11 is 0. The molecule has 1 aromatic heterocycles. The monoisotopic (exact) mass is 527 g/mol. The summed E-state index contributed by atoms with van der Waals surface area (Å²) in [5.41, 5.74) is 0.370. The highest BCUT2D eigenvalue weighted by atomic mass is 127. The summed E-state index contributed by atoms with van der Waals surface area (Å²) in [7, 11) is 1.58. The molecule has 1 heterocycles. The molecule has 2 N–H and O–H groups in total. The van der Waals surface area contributed by atoms with E-state index in [1.807, 2.05) is 13.8 Å². The van der Waals surface area contributed by atoms with Crippen LogP contribution in [-0.4, -0.2) is 36.1 Å². The molecule has 0 aliphatic heterocycles. The number of nitrogens with zero attached hydrogens (tertiary/aromatic N) is 3. The van der Waals surface area contributed by atoms with Gasteiger partial charge in [-0.2, -0.15) is 4.98 Å². The Bertz CT molecular complexity index is 781. The lowest BCUT2D eigenvalue weighted by atomic mass is 10.2. The van der Waals surface area contributed by atoms with Gasteiger partial charge in [-0.1, -0.05) is 37.2 Å². The lowest BCUT2D eigenvalue weighted by molar-refractivity contribution is -0.274. The Balaban J connectivity index is 0.00000420. The summed E-state index contributed by atoms with van der Waals surface area (Å²) in [6, 6.07) is 5.96. The van der Waals surface area contributed by atoms with Crippen molar-refractivity contribution in [3.63, 3.8) is 0 Å². The number of alkyl halides is 3. The quantitative estimate of drug-likeness (QED) is 0.234. The van der Waals surface area contributed by atoms with E-state index in [0.29, 0.717) is 36.2 Å². The SMILES string of the molecule is CN=C(NCCCc1nc(C(C)C)no1)NCc1ccccc1OC(F)(F)F.I. The van der Waals surface area contributed by atoms with Crippen LogP contribution in [0.2, 0.25) is 0 Å². The first-order chi connectivity index (χ1) is 13.3. The van der Waals surface area contributed by atoms with E-state index in [0.717, 1.165) is 6.42 Å². The molecule has 0 saturated carbocycles. The van der Waals surface area contributed by atoms with E-state index < -0.39 is 6.36 Å². The largest absolute Gasteiger partial charge is 0.573 e. The smallest absolute Gasteiger partial charge is 0.405 e. The first kappa shape index (κ1) is 25.0. The number of aliphatic imine (C=N–C) groups is 1. The summed E-state index contributed by atoms with van der Waals surface area (Å²) in [6.45, 7) is 4.70. The van der Waals surface area contributed by atoms with Crippen LogP contribution in [0.5, 0.6) is 5.75 Å². The molecule has 2 rings (SSSR count). The van der Waals surface area contributed by atoms with E-state index in [-0.39, 0.29) is 42.2 Å². The first-order valence-electron chi connectivity index (χ1n) is 8.89. The molecule has 0 saturated heterocycles. The molecular formula is C18H25F3IN5O2. The van der Waals surface area contributed by atoms with Crippen molar-refractivity contribution in [2.24, 2.45) is 4.99 Å². The molecule has 162 valence electrons. The summed E-state index contributed by atoms with van der Waals surface area (Å²) in [4.78, 5) is 8.36. The Hall–Kier alpha value is -2.05. The van der Waals surface area contributed by atoms with Crippen LogP contribution in [0.15, 0.2) is 33.8 Å². The highest BCUT2D eigenvalue weighted by Gasteiger charge is 2.31. The van der Waals surface area contributed by atoms with Crippen LogP contribution in [-0.2, 0) is 13.0 Å². The fraction of sp³-hybridized carbons (Fsp3) is 0.500. The van der Waals surface area contributed by atoms with Gasteiger partial charge in [-0.3, -0.25) is 4.99 Å². The first-order valence-corrected chi connectivity index (χ1v) is 8.89. The molecule has 0 spiro atoms. The van der Waals surface area contributed by atoms with Gasteiger partial charge in [0.15, 0.2) is 11.8 Å². The predicted octanol–water partition coefficient (Wildman–Crippen LogP) is 4.01. The summed E-state index contributed by atoms with van der Waals surface area (Å²) in [6.07, 6.45) is -3.39. The minimum absolute atomic E-state index is 0. The molecule has 11 heteroatoms. The maximum atomic E-state index is 12.5. The molecule has 0 bridgehead atoms. The molecular weight excluding hydrogens is 502 g/mol. The number of guanidine groups is 1. The normalized spacial score (nSPS) is 11.9. The van der Waals surface area contributed by atoms with Gasteiger partial charge in [-0.05, 0) is 12.5 Å². The van der Waals surface area contributed by atoms with Crippen molar-refractivity contribution in [2.75, 3.05) is 13.6 Å². The second-order valence-electron chi connectivity index (χ2n) is 6.31. The Morgan fingerprint density at radius 2 is 1.97 bits per heavy atom. The minimum atomic E-state index is -4.74. The average Bonchev–Trinajstić information content (AvgIpc) is 3.10. The van der Waals surface area contributed by atoms with Gasteiger partial charge in [0.2, 0.25) is 5.89 Å². The van der Waals surface area contributed by atoms with Crippen LogP contribution in [0.3, 0.4) is 0 Å². The van der Waals surface area contributed by atoms with Crippen LogP contribution < -0.4 is 15.4 Å². The number of hydrogen-bond donors (Lipinski definition) is 2. The van der Waals surface area contributed by atoms with Gasteiger partial charge in [-0.15, -0.1) is 37.1 Å². The van der Waals surface area contributed by atoms with E-state index in [1.54, 1.807) is 19.2 Å². The second-order valence-corrected chi connectivity index (χ2v) is 6.31. The summed E-state index contributed by atoms with van der Waals surface area (Å²) in [5, 5.41) is 9.97. The molecule has 0 aliphatic carbocycles. The zero-order chi connectivity index (χ0) is 20.6.